The molecule has 0 rings (SSSR count). The summed E-state index contributed by atoms with van der Waals surface area (Å²) in [6, 6.07) is 0. The molecule has 4 nitrogen and oxygen atoms in total. The molecule has 0 heterocycles. The van der Waals surface area contributed by atoms with E-state index >= 15 is 0 Å². The fourth-order valence-electron chi connectivity index (χ4n) is 3.93. The molecule has 4 heteroatoms. The maximum atomic E-state index is 9.08. The Morgan fingerprint density at radius 1 is 0.344 bits per heavy atom. The van der Waals surface area contributed by atoms with Gasteiger partial charge in [0.2, 0.25) is 0 Å². The minimum Gasteiger partial charge on any atom is -0.396 e. The highest BCUT2D eigenvalue weighted by molar-refractivity contribution is 4.52. The van der Waals surface area contributed by atoms with E-state index in [9.17, 15) is 0 Å². The molecule has 0 bridgehead atoms. The van der Waals surface area contributed by atoms with Crippen molar-refractivity contribution in [3.63, 3.8) is 0 Å². The molecule has 0 saturated heterocycles. The Bertz CT molecular complexity index is 278. The minimum absolute atomic E-state index is 0.119. The van der Waals surface area contributed by atoms with Crippen LogP contribution in [0.4, 0.5) is 0 Å². The number of hydrogen-bond donors (Lipinski definition) is 4. The Morgan fingerprint density at radius 3 is 0.719 bits per heavy atom. The van der Waals surface area contributed by atoms with Crippen molar-refractivity contribution in [2.75, 3.05) is 13.2 Å². The van der Waals surface area contributed by atoms with E-state index < -0.39 is 0 Å². The van der Waals surface area contributed by atoms with Crippen molar-refractivity contribution in [2.45, 2.75) is 167 Å². The van der Waals surface area contributed by atoms with E-state index in [0.717, 1.165) is 25.7 Å². The Balaban J connectivity index is 0. The zero-order valence-corrected chi connectivity index (χ0v) is 21.9. The van der Waals surface area contributed by atoms with Crippen LogP contribution in [0.5, 0.6) is 0 Å². The molecule has 0 radical (unpaired) electrons. The van der Waals surface area contributed by atoms with Crippen LogP contribution in [0, 0.1) is 0 Å². The molecule has 0 saturated carbocycles. The van der Waals surface area contributed by atoms with Crippen LogP contribution in [-0.4, -0.2) is 45.8 Å². The van der Waals surface area contributed by atoms with Gasteiger partial charge in [-0.1, -0.05) is 116 Å². The summed E-state index contributed by atoms with van der Waals surface area (Å²) in [5.74, 6) is 0. The highest BCUT2D eigenvalue weighted by Gasteiger charge is 1.97. The summed E-state index contributed by atoms with van der Waals surface area (Å²) in [6.45, 7) is 4.44. The quantitative estimate of drug-likeness (QED) is 0.114. The highest BCUT2D eigenvalue weighted by atomic mass is 16.3. The van der Waals surface area contributed by atoms with E-state index in [1.807, 2.05) is 13.8 Å². The van der Waals surface area contributed by atoms with Crippen molar-refractivity contribution in [3.8, 4) is 0 Å². The van der Waals surface area contributed by atoms with Gasteiger partial charge in [0.25, 0.3) is 0 Å². The van der Waals surface area contributed by atoms with Gasteiger partial charge in [-0.15, -0.1) is 0 Å². The molecule has 0 amide bonds. The second kappa shape index (κ2) is 30.8. The second-order valence-corrected chi connectivity index (χ2v) is 9.79. The molecule has 0 fully saturated rings. The Hall–Kier alpha value is -0.160. The summed E-state index contributed by atoms with van der Waals surface area (Å²) in [7, 11) is 0. The lowest BCUT2D eigenvalue weighted by Crippen LogP contribution is -1.98. The van der Waals surface area contributed by atoms with E-state index in [2.05, 4.69) is 0 Å². The molecular weight excluding hydrogens is 400 g/mol. The van der Waals surface area contributed by atoms with Crippen LogP contribution in [0.1, 0.15) is 155 Å². The zero-order chi connectivity index (χ0) is 24.1. The number of hydrogen-bond acceptors (Lipinski definition) is 4. The van der Waals surface area contributed by atoms with Crippen molar-refractivity contribution in [3.05, 3.63) is 0 Å². The van der Waals surface area contributed by atoms with Crippen LogP contribution >= 0.6 is 0 Å². The van der Waals surface area contributed by atoms with Crippen molar-refractivity contribution in [1.82, 2.24) is 0 Å². The zero-order valence-electron chi connectivity index (χ0n) is 21.9. The van der Waals surface area contributed by atoms with E-state index in [-0.39, 0.29) is 12.2 Å². The van der Waals surface area contributed by atoms with Crippen LogP contribution < -0.4 is 0 Å². The largest absolute Gasteiger partial charge is 0.396 e. The molecule has 4 N–H and O–H groups in total. The van der Waals surface area contributed by atoms with Crippen LogP contribution in [0.25, 0.3) is 0 Å². The number of unbranched alkanes of at least 4 members (excludes halogenated alkanes) is 18. The first kappa shape index (κ1) is 34.0. The number of aliphatic hydroxyl groups excluding tert-OH is 4. The molecule has 2 atom stereocenters. The molecule has 0 aromatic carbocycles. The lowest BCUT2D eigenvalue weighted by molar-refractivity contribution is 0.180. The Kier molecular flexibility index (Phi) is 32.8. The average Bonchev–Trinajstić information content (AvgIpc) is 2.76. The first-order valence-corrected chi connectivity index (χ1v) is 14.1. The third-order valence-corrected chi connectivity index (χ3v) is 6.06. The van der Waals surface area contributed by atoms with E-state index in [1.165, 1.54) is 116 Å². The topological polar surface area (TPSA) is 80.9 Å². The first-order valence-electron chi connectivity index (χ1n) is 14.1. The maximum absolute atomic E-state index is 9.08. The van der Waals surface area contributed by atoms with Gasteiger partial charge in [-0.25, -0.2) is 0 Å². The summed E-state index contributed by atoms with van der Waals surface area (Å²) in [5.41, 5.74) is 0. The van der Waals surface area contributed by atoms with Gasteiger partial charge in [-0.05, 0) is 39.5 Å². The van der Waals surface area contributed by atoms with Crippen molar-refractivity contribution in [1.29, 1.82) is 0 Å². The summed E-state index contributed by atoms with van der Waals surface area (Å²) in [5, 5.41) is 35.4. The van der Waals surface area contributed by atoms with Crippen molar-refractivity contribution >= 4 is 0 Å². The fourth-order valence-corrected chi connectivity index (χ4v) is 3.93. The summed E-state index contributed by atoms with van der Waals surface area (Å²) < 4.78 is 0. The summed E-state index contributed by atoms with van der Waals surface area (Å²) in [6.07, 6.45) is 26.9. The van der Waals surface area contributed by atoms with Crippen LogP contribution in [0.2, 0.25) is 0 Å². The molecule has 196 valence electrons. The molecule has 2 unspecified atom stereocenters. The Morgan fingerprint density at radius 2 is 0.531 bits per heavy atom. The van der Waals surface area contributed by atoms with Gasteiger partial charge in [0.05, 0.1) is 12.2 Å². The summed E-state index contributed by atoms with van der Waals surface area (Å²) in [4.78, 5) is 0. The second-order valence-electron chi connectivity index (χ2n) is 9.79. The summed E-state index contributed by atoms with van der Waals surface area (Å²) >= 11 is 0. The van der Waals surface area contributed by atoms with Gasteiger partial charge in [0, 0.05) is 13.2 Å². The van der Waals surface area contributed by atoms with Gasteiger partial charge >= 0.3 is 0 Å². The van der Waals surface area contributed by atoms with Crippen molar-refractivity contribution < 1.29 is 20.4 Å². The van der Waals surface area contributed by atoms with Gasteiger partial charge in [-0.2, -0.15) is 0 Å². The van der Waals surface area contributed by atoms with Gasteiger partial charge in [0.1, 0.15) is 0 Å². The molecule has 0 aliphatic rings. The normalized spacial score (nSPS) is 12.9. The number of aliphatic hydroxyl groups is 4. The van der Waals surface area contributed by atoms with Gasteiger partial charge in [0.15, 0.2) is 0 Å². The smallest absolute Gasteiger partial charge is 0.0512 e. The fraction of sp³-hybridized carbons (Fsp3) is 1.00. The minimum atomic E-state index is -0.119. The third-order valence-electron chi connectivity index (χ3n) is 6.06. The van der Waals surface area contributed by atoms with E-state index in [1.54, 1.807) is 0 Å². The lowest BCUT2D eigenvalue weighted by atomic mass is 10.0. The number of rotatable bonds is 24. The molecule has 0 spiro atoms. The SMILES string of the molecule is CC(O)CCCCCCCCCCCCO.CC(O)CCCCCCCCCCCCO. The average molecular weight is 461 g/mol. The predicted octanol–water partition coefficient (Wildman–Crippen LogP) is 7.30. The van der Waals surface area contributed by atoms with Gasteiger partial charge in [-0.3, -0.25) is 0 Å². The van der Waals surface area contributed by atoms with E-state index in [4.69, 9.17) is 20.4 Å². The van der Waals surface area contributed by atoms with Crippen molar-refractivity contribution in [2.24, 2.45) is 0 Å². The molecule has 0 aliphatic carbocycles. The molecule has 32 heavy (non-hydrogen) atoms. The van der Waals surface area contributed by atoms with Crippen LogP contribution in [0.15, 0.2) is 0 Å². The van der Waals surface area contributed by atoms with Gasteiger partial charge < -0.3 is 20.4 Å². The Labute approximate surface area is 201 Å². The molecule has 0 aliphatic heterocycles. The first-order chi connectivity index (χ1) is 15.5. The lowest BCUT2D eigenvalue weighted by Gasteiger charge is -2.04. The van der Waals surface area contributed by atoms with Crippen LogP contribution in [-0.2, 0) is 0 Å². The third kappa shape index (κ3) is 37.2. The molecule has 0 aromatic heterocycles. The molecular formula is C28H60O4. The monoisotopic (exact) mass is 460 g/mol. The van der Waals surface area contributed by atoms with Crippen LogP contribution in [0.3, 0.4) is 0 Å². The maximum Gasteiger partial charge on any atom is 0.0512 e. The van der Waals surface area contributed by atoms with E-state index in [0.29, 0.717) is 13.2 Å². The predicted molar refractivity (Wildman–Crippen MR) is 139 cm³/mol. The highest BCUT2D eigenvalue weighted by Crippen LogP contribution is 2.13. The molecule has 0 aromatic rings. The standard InChI is InChI=1S/2C14H30O2/c2*1-14(16)12-10-8-6-4-2-3-5-7-9-11-13-15/h2*14-16H,2-13H2,1H3.